The lowest BCUT2D eigenvalue weighted by molar-refractivity contribution is -0.139. The van der Waals surface area contributed by atoms with Crippen LogP contribution in [0.5, 0.6) is 0 Å². The second-order valence-electron chi connectivity index (χ2n) is 5.17. The highest BCUT2D eigenvalue weighted by Crippen LogP contribution is 2.33. The van der Waals surface area contributed by atoms with Gasteiger partial charge in [0, 0.05) is 21.2 Å². The summed E-state index contributed by atoms with van der Waals surface area (Å²) in [6, 6.07) is 11.1. The smallest absolute Gasteiger partial charge is 0.309 e. The van der Waals surface area contributed by atoms with Crippen LogP contribution in [-0.2, 0) is 16.1 Å². The van der Waals surface area contributed by atoms with Gasteiger partial charge < -0.3 is 20.2 Å². The maximum absolute atomic E-state index is 11.8. The summed E-state index contributed by atoms with van der Waals surface area (Å²) in [6.45, 7) is 0.105. The maximum atomic E-state index is 11.8. The second kappa shape index (κ2) is 8.11. The first-order valence-electron chi connectivity index (χ1n) is 7.53. The molecule has 0 spiro atoms. The van der Waals surface area contributed by atoms with Gasteiger partial charge in [-0.25, -0.2) is 0 Å². The topological polar surface area (TPSA) is 91.6 Å². The summed E-state index contributed by atoms with van der Waals surface area (Å²) in [4.78, 5) is 26.4. The molecule has 3 aromatic heterocycles. The van der Waals surface area contributed by atoms with Gasteiger partial charge in [-0.15, -0.1) is 22.7 Å². The number of hydrogen-bond donors (Lipinski definition) is 3. The molecule has 0 aliphatic rings. The van der Waals surface area contributed by atoms with Gasteiger partial charge >= 0.3 is 11.8 Å². The lowest BCUT2D eigenvalue weighted by atomic mass is 10.3. The number of nitrogens with one attached hydrogen (secondary N) is 2. The van der Waals surface area contributed by atoms with Crippen molar-refractivity contribution >= 4 is 34.5 Å². The van der Waals surface area contributed by atoms with E-state index in [1.165, 1.54) is 17.6 Å². The van der Waals surface area contributed by atoms with Crippen molar-refractivity contribution in [1.82, 2.24) is 10.6 Å². The minimum absolute atomic E-state index is 0.0304. The highest BCUT2D eigenvalue weighted by atomic mass is 32.1. The van der Waals surface area contributed by atoms with E-state index in [1.54, 1.807) is 23.5 Å². The van der Waals surface area contributed by atoms with Crippen molar-refractivity contribution in [3.63, 3.8) is 0 Å². The molecule has 0 saturated heterocycles. The molecule has 0 saturated carbocycles. The molecule has 6 nitrogen and oxygen atoms in total. The number of carbonyl (C=O) groups is 2. The van der Waals surface area contributed by atoms with Crippen molar-refractivity contribution in [2.45, 2.75) is 12.6 Å². The lowest BCUT2D eigenvalue weighted by Gasteiger charge is -2.10. The zero-order valence-corrected chi connectivity index (χ0v) is 14.7. The van der Waals surface area contributed by atoms with Gasteiger partial charge in [-0.2, -0.15) is 0 Å². The Bertz CT molecular complexity index is 825. The van der Waals surface area contributed by atoms with E-state index in [0.29, 0.717) is 5.76 Å². The molecule has 0 bridgehead atoms. The number of aliphatic hydroxyl groups excluding tert-OH is 1. The number of hydrogen-bond acceptors (Lipinski definition) is 6. The van der Waals surface area contributed by atoms with Crippen molar-refractivity contribution in [3.05, 3.63) is 58.7 Å². The molecule has 1 atom stereocenters. The first kappa shape index (κ1) is 17.4. The first-order chi connectivity index (χ1) is 12.1. The maximum Gasteiger partial charge on any atom is 0.309 e. The summed E-state index contributed by atoms with van der Waals surface area (Å²) in [5, 5.41) is 17.1. The first-order valence-corrected chi connectivity index (χ1v) is 9.23. The largest absolute Gasteiger partial charge is 0.467 e. The van der Waals surface area contributed by atoms with E-state index in [1.807, 2.05) is 29.6 Å². The molecule has 25 heavy (non-hydrogen) atoms. The predicted molar refractivity (Wildman–Crippen MR) is 96.2 cm³/mol. The van der Waals surface area contributed by atoms with Crippen molar-refractivity contribution in [2.24, 2.45) is 0 Å². The minimum Gasteiger partial charge on any atom is -0.467 e. The van der Waals surface area contributed by atoms with Crippen LogP contribution in [-0.4, -0.2) is 23.5 Å². The summed E-state index contributed by atoms with van der Waals surface area (Å²) in [5.41, 5.74) is 0. The summed E-state index contributed by atoms with van der Waals surface area (Å²) >= 11 is 3.09. The molecule has 3 N–H and O–H groups in total. The predicted octanol–water partition coefficient (Wildman–Crippen LogP) is 2.54. The Balaban J connectivity index is 1.47. The molecule has 0 aliphatic carbocycles. The number of carbonyl (C=O) groups excluding carboxylic acids is 2. The van der Waals surface area contributed by atoms with Crippen LogP contribution >= 0.6 is 22.7 Å². The minimum atomic E-state index is -0.861. The highest BCUT2D eigenvalue weighted by molar-refractivity contribution is 7.21. The molecule has 0 aromatic carbocycles. The molecule has 0 fully saturated rings. The Morgan fingerprint density at radius 3 is 2.64 bits per heavy atom. The Morgan fingerprint density at radius 2 is 1.92 bits per heavy atom. The third kappa shape index (κ3) is 4.56. The van der Waals surface area contributed by atoms with Gasteiger partial charge in [-0.05, 0) is 35.7 Å². The number of furan rings is 1. The van der Waals surface area contributed by atoms with Crippen molar-refractivity contribution in [3.8, 4) is 9.75 Å². The van der Waals surface area contributed by atoms with Crippen LogP contribution in [0.3, 0.4) is 0 Å². The van der Waals surface area contributed by atoms with Gasteiger partial charge in [0.2, 0.25) is 0 Å². The number of amides is 2. The standard InChI is InChI=1S/C17H16N2O4S2/c20-12(13-5-6-15(25-13)14-4-2-8-24-14)10-19-17(22)16(21)18-9-11-3-1-7-23-11/h1-8,12,20H,9-10H2,(H,18,21)(H,19,22)/t12-/m1/s1. The zero-order valence-electron chi connectivity index (χ0n) is 13.1. The monoisotopic (exact) mass is 376 g/mol. The highest BCUT2D eigenvalue weighted by Gasteiger charge is 2.17. The van der Waals surface area contributed by atoms with Crippen molar-refractivity contribution in [2.75, 3.05) is 6.54 Å². The third-order valence-corrected chi connectivity index (χ3v) is 5.64. The van der Waals surface area contributed by atoms with Crippen LogP contribution in [0.25, 0.3) is 9.75 Å². The molecule has 8 heteroatoms. The molecule has 130 valence electrons. The fourth-order valence-corrected chi connectivity index (χ4v) is 3.94. The van der Waals surface area contributed by atoms with Gasteiger partial charge in [-0.3, -0.25) is 9.59 Å². The van der Waals surface area contributed by atoms with E-state index in [-0.39, 0.29) is 13.1 Å². The van der Waals surface area contributed by atoms with Crippen LogP contribution in [0.15, 0.2) is 52.5 Å². The quantitative estimate of drug-likeness (QED) is 0.577. The number of thiophene rings is 2. The van der Waals surface area contributed by atoms with Crippen LogP contribution in [0, 0.1) is 0 Å². The zero-order chi connectivity index (χ0) is 17.6. The molecule has 3 rings (SSSR count). The Kier molecular flexibility index (Phi) is 5.64. The van der Waals surface area contributed by atoms with E-state index < -0.39 is 17.9 Å². The lowest BCUT2D eigenvalue weighted by Crippen LogP contribution is -2.41. The molecule has 0 radical (unpaired) electrons. The van der Waals surface area contributed by atoms with Crippen LogP contribution in [0.1, 0.15) is 16.7 Å². The van der Waals surface area contributed by atoms with Crippen LogP contribution in [0.4, 0.5) is 0 Å². The van der Waals surface area contributed by atoms with Gasteiger partial charge in [0.1, 0.15) is 11.9 Å². The van der Waals surface area contributed by atoms with Gasteiger partial charge in [0.05, 0.1) is 12.8 Å². The summed E-state index contributed by atoms with van der Waals surface area (Å²) in [5.74, 6) is -1.00. The average Bonchev–Trinajstić information content (AvgIpc) is 3.37. The van der Waals surface area contributed by atoms with Gasteiger partial charge in [0.25, 0.3) is 0 Å². The molecular formula is C17H16N2O4S2. The average molecular weight is 376 g/mol. The van der Waals surface area contributed by atoms with E-state index in [0.717, 1.165) is 14.6 Å². The molecule has 3 heterocycles. The summed E-state index contributed by atoms with van der Waals surface area (Å²) in [7, 11) is 0. The van der Waals surface area contributed by atoms with Crippen LogP contribution < -0.4 is 10.6 Å². The van der Waals surface area contributed by atoms with E-state index >= 15 is 0 Å². The van der Waals surface area contributed by atoms with E-state index in [2.05, 4.69) is 10.6 Å². The molecule has 3 aromatic rings. The van der Waals surface area contributed by atoms with Crippen LogP contribution in [0.2, 0.25) is 0 Å². The van der Waals surface area contributed by atoms with Gasteiger partial charge in [-0.1, -0.05) is 6.07 Å². The molecule has 0 aliphatic heterocycles. The Labute approximate surface area is 152 Å². The molecule has 0 unspecified atom stereocenters. The van der Waals surface area contributed by atoms with Gasteiger partial charge in [0.15, 0.2) is 0 Å². The fourth-order valence-electron chi connectivity index (χ4n) is 2.11. The number of aliphatic hydroxyl groups is 1. The van der Waals surface area contributed by atoms with E-state index in [9.17, 15) is 14.7 Å². The summed E-state index contributed by atoms with van der Waals surface area (Å²) < 4.78 is 5.07. The summed E-state index contributed by atoms with van der Waals surface area (Å²) in [6.07, 6.45) is 0.629. The van der Waals surface area contributed by atoms with Crippen molar-refractivity contribution < 1.29 is 19.1 Å². The second-order valence-corrected chi connectivity index (χ2v) is 7.23. The Hall–Kier alpha value is -2.42. The molecular weight excluding hydrogens is 360 g/mol. The third-order valence-electron chi connectivity index (χ3n) is 3.38. The Morgan fingerprint density at radius 1 is 1.08 bits per heavy atom. The normalized spacial score (nSPS) is 11.9. The number of rotatable bonds is 6. The fraction of sp³-hybridized carbons (Fsp3) is 0.176. The SMILES string of the molecule is O=C(NCc1ccco1)C(=O)NC[C@@H](O)c1ccc(-c2cccs2)s1. The van der Waals surface area contributed by atoms with E-state index in [4.69, 9.17) is 4.42 Å². The van der Waals surface area contributed by atoms with Crippen molar-refractivity contribution in [1.29, 1.82) is 0 Å². The molecule has 2 amide bonds.